The lowest BCUT2D eigenvalue weighted by Gasteiger charge is -2.29. The van der Waals surface area contributed by atoms with E-state index in [0.717, 1.165) is 12.8 Å². The number of allylic oxidation sites excluding steroid dienone is 1. The van der Waals surface area contributed by atoms with E-state index >= 15 is 0 Å². The van der Waals surface area contributed by atoms with Crippen LogP contribution in [-0.4, -0.2) is 37.6 Å². The van der Waals surface area contributed by atoms with E-state index in [1.54, 1.807) is 0 Å². The SMILES string of the molecule is COC(=O)C(CCCC[N+](=O)[O-])(C(=O)OC)C1=CCCC1. The molecule has 0 amide bonds. The predicted molar refractivity (Wildman–Crippen MR) is 74.1 cm³/mol. The third-order valence-electron chi connectivity index (χ3n) is 3.80. The van der Waals surface area contributed by atoms with E-state index in [1.165, 1.54) is 14.2 Å². The Bertz CT molecular complexity index is 427. The summed E-state index contributed by atoms with van der Waals surface area (Å²) in [7, 11) is 2.46. The van der Waals surface area contributed by atoms with Crippen LogP contribution in [0.4, 0.5) is 0 Å². The van der Waals surface area contributed by atoms with E-state index in [0.29, 0.717) is 24.8 Å². The van der Waals surface area contributed by atoms with Crippen LogP contribution in [0.15, 0.2) is 11.6 Å². The maximum absolute atomic E-state index is 12.3. The molecule has 118 valence electrons. The van der Waals surface area contributed by atoms with Crippen molar-refractivity contribution in [3.8, 4) is 0 Å². The summed E-state index contributed by atoms with van der Waals surface area (Å²) in [4.78, 5) is 34.5. The van der Waals surface area contributed by atoms with Gasteiger partial charge in [-0.2, -0.15) is 0 Å². The van der Waals surface area contributed by atoms with E-state index in [-0.39, 0.29) is 13.0 Å². The summed E-state index contributed by atoms with van der Waals surface area (Å²) in [6.07, 6.45) is 5.05. The molecule has 0 atom stereocenters. The van der Waals surface area contributed by atoms with Gasteiger partial charge in [0.15, 0.2) is 5.41 Å². The molecule has 0 aliphatic heterocycles. The van der Waals surface area contributed by atoms with Crippen molar-refractivity contribution in [2.24, 2.45) is 5.41 Å². The fraction of sp³-hybridized carbons (Fsp3) is 0.714. The molecule has 0 aromatic rings. The first kappa shape index (κ1) is 17.1. The molecule has 0 fully saturated rings. The summed E-state index contributed by atoms with van der Waals surface area (Å²) >= 11 is 0. The first-order valence-corrected chi connectivity index (χ1v) is 6.97. The zero-order valence-corrected chi connectivity index (χ0v) is 12.4. The van der Waals surface area contributed by atoms with Crippen molar-refractivity contribution in [1.29, 1.82) is 0 Å². The third kappa shape index (κ3) is 3.80. The summed E-state index contributed by atoms with van der Waals surface area (Å²) in [5.74, 6) is -1.30. The number of methoxy groups -OCH3 is 2. The molecule has 0 aromatic heterocycles. The van der Waals surface area contributed by atoms with E-state index in [1.807, 2.05) is 6.08 Å². The van der Waals surface area contributed by atoms with Crippen LogP contribution in [-0.2, 0) is 19.1 Å². The predicted octanol–water partition coefficient (Wildman–Crippen LogP) is 1.88. The van der Waals surface area contributed by atoms with Crippen molar-refractivity contribution in [2.45, 2.75) is 38.5 Å². The minimum absolute atomic E-state index is 0.173. The topological polar surface area (TPSA) is 95.7 Å². The number of ether oxygens (including phenoxy) is 2. The lowest BCUT2D eigenvalue weighted by atomic mass is 9.75. The van der Waals surface area contributed by atoms with Crippen molar-refractivity contribution < 1.29 is 24.0 Å². The average Bonchev–Trinajstić information content (AvgIpc) is 3.00. The zero-order chi connectivity index (χ0) is 15.9. The number of carbonyl (C=O) groups excluding carboxylic acids is 2. The van der Waals surface area contributed by atoms with Gasteiger partial charge < -0.3 is 9.47 Å². The third-order valence-corrected chi connectivity index (χ3v) is 3.80. The van der Waals surface area contributed by atoms with Crippen molar-refractivity contribution in [3.63, 3.8) is 0 Å². The van der Waals surface area contributed by atoms with E-state index < -0.39 is 22.3 Å². The van der Waals surface area contributed by atoms with Crippen molar-refractivity contribution in [1.82, 2.24) is 0 Å². The van der Waals surface area contributed by atoms with Gasteiger partial charge in [0, 0.05) is 11.3 Å². The highest BCUT2D eigenvalue weighted by Crippen LogP contribution is 2.41. The van der Waals surface area contributed by atoms with Crippen molar-refractivity contribution in [2.75, 3.05) is 20.8 Å². The molecule has 0 unspecified atom stereocenters. The van der Waals surface area contributed by atoms with Gasteiger partial charge in [-0.3, -0.25) is 19.7 Å². The van der Waals surface area contributed by atoms with Gasteiger partial charge in [0.1, 0.15) is 0 Å². The number of esters is 2. The van der Waals surface area contributed by atoms with Gasteiger partial charge in [-0.05, 0) is 37.7 Å². The molecule has 0 bridgehead atoms. The van der Waals surface area contributed by atoms with Gasteiger partial charge in [0.05, 0.1) is 14.2 Å². The average molecular weight is 299 g/mol. The second-order valence-electron chi connectivity index (χ2n) is 5.02. The minimum Gasteiger partial charge on any atom is -0.468 e. The molecule has 0 heterocycles. The number of unbranched alkanes of at least 4 members (excludes halogenated alkanes) is 1. The van der Waals surface area contributed by atoms with Crippen LogP contribution in [0.1, 0.15) is 38.5 Å². The summed E-state index contributed by atoms with van der Waals surface area (Å²) in [6, 6.07) is 0. The summed E-state index contributed by atoms with van der Waals surface area (Å²) in [6.45, 7) is -0.183. The lowest BCUT2D eigenvalue weighted by Crippen LogP contribution is -2.42. The van der Waals surface area contributed by atoms with Gasteiger partial charge >= 0.3 is 11.9 Å². The van der Waals surface area contributed by atoms with E-state index in [2.05, 4.69) is 0 Å². The van der Waals surface area contributed by atoms with Crippen LogP contribution in [0.3, 0.4) is 0 Å². The highest BCUT2D eigenvalue weighted by molar-refractivity contribution is 6.03. The molecular formula is C14H21NO6. The summed E-state index contributed by atoms with van der Waals surface area (Å²) < 4.78 is 9.63. The summed E-state index contributed by atoms with van der Waals surface area (Å²) in [5, 5.41) is 10.4. The van der Waals surface area contributed by atoms with Gasteiger partial charge in [-0.15, -0.1) is 0 Å². The van der Waals surface area contributed by atoms with Crippen molar-refractivity contribution >= 4 is 11.9 Å². The van der Waals surface area contributed by atoms with Crippen LogP contribution in [0.5, 0.6) is 0 Å². The molecule has 1 rings (SSSR count). The Hall–Kier alpha value is -1.92. The normalized spacial score (nSPS) is 14.5. The number of hydrogen-bond donors (Lipinski definition) is 0. The molecule has 1 aliphatic rings. The lowest BCUT2D eigenvalue weighted by molar-refractivity contribution is -0.480. The first-order chi connectivity index (χ1) is 9.98. The molecule has 0 aromatic carbocycles. The fourth-order valence-corrected chi connectivity index (χ4v) is 2.75. The van der Waals surface area contributed by atoms with Crippen LogP contribution in [0, 0.1) is 15.5 Å². The Balaban J connectivity index is 2.97. The Morgan fingerprint density at radius 3 is 2.33 bits per heavy atom. The molecule has 7 heteroatoms. The van der Waals surface area contributed by atoms with Gasteiger partial charge in [0.2, 0.25) is 6.54 Å². The quantitative estimate of drug-likeness (QED) is 0.169. The number of hydrogen-bond acceptors (Lipinski definition) is 6. The molecule has 0 saturated carbocycles. The molecule has 0 saturated heterocycles. The molecule has 0 N–H and O–H groups in total. The molecule has 21 heavy (non-hydrogen) atoms. The second-order valence-corrected chi connectivity index (χ2v) is 5.02. The first-order valence-electron chi connectivity index (χ1n) is 6.97. The second kappa shape index (κ2) is 7.75. The maximum atomic E-state index is 12.3. The molecule has 1 aliphatic carbocycles. The molecule has 7 nitrogen and oxygen atoms in total. The number of nitrogens with zero attached hydrogens (tertiary/aromatic N) is 1. The Morgan fingerprint density at radius 2 is 1.90 bits per heavy atom. The summed E-state index contributed by atoms with van der Waals surface area (Å²) in [5.41, 5.74) is -0.737. The van der Waals surface area contributed by atoms with Crippen LogP contribution >= 0.6 is 0 Å². The van der Waals surface area contributed by atoms with Crippen molar-refractivity contribution in [3.05, 3.63) is 21.8 Å². The minimum atomic E-state index is -1.45. The van der Waals surface area contributed by atoms with Gasteiger partial charge in [0.25, 0.3) is 0 Å². The highest BCUT2D eigenvalue weighted by Gasteiger charge is 2.51. The van der Waals surface area contributed by atoms with E-state index in [4.69, 9.17) is 9.47 Å². The van der Waals surface area contributed by atoms with Crippen LogP contribution in [0.25, 0.3) is 0 Å². The fourth-order valence-electron chi connectivity index (χ4n) is 2.75. The number of carbonyl (C=O) groups is 2. The van der Waals surface area contributed by atoms with Gasteiger partial charge in [-0.1, -0.05) is 6.08 Å². The van der Waals surface area contributed by atoms with Gasteiger partial charge in [-0.25, -0.2) is 0 Å². The Kier molecular flexibility index (Phi) is 6.33. The zero-order valence-electron chi connectivity index (χ0n) is 12.4. The number of nitro groups is 1. The Labute approximate surface area is 123 Å². The maximum Gasteiger partial charge on any atom is 0.327 e. The largest absolute Gasteiger partial charge is 0.468 e. The molecule has 0 radical (unpaired) electrons. The number of rotatable bonds is 8. The highest BCUT2D eigenvalue weighted by atomic mass is 16.6. The monoisotopic (exact) mass is 299 g/mol. The Morgan fingerprint density at radius 1 is 1.29 bits per heavy atom. The smallest absolute Gasteiger partial charge is 0.327 e. The standard InChI is InChI=1S/C14H21NO6/c1-20-12(16)14(13(17)21-2,11-7-3-4-8-11)9-5-6-10-15(18)19/h7H,3-6,8-10H2,1-2H3. The molecule has 0 spiro atoms. The van der Waals surface area contributed by atoms with Crippen LogP contribution < -0.4 is 0 Å². The van der Waals surface area contributed by atoms with E-state index in [9.17, 15) is 19.7 Å². The molecular weight excluding hydrogens is 278 g/mol. The van der Waals surface area contributed by atoms with Crippen LogP contribution in [0.2, 0.25) is 0 Å².